The third-order valence-electron chi connectivity index (χ3n) is 2.99. The second-order valence-electron chi connectivity index (χ2n) is 4.34. The van der Waals surface area contributed by atoms with Crippen LogP contribution in [0.3, 0.4) is 0 Å². The number of benzene rings is 1. The van der Waals surface area contributed by atoms with Crippen molar-refractivity contribution in [3.63, 3.8) is 0 Å². The zero-order valence-corrected chi connectivity index (χ0v) is 12.6. The lowest BCUT2D eigenvalue weighted by molar-refractivity contribution is 0.231. The SMILES string of the molecule is N#CCCN(CCC#N)Cn1c(=S)sc2ccccc21. The Balaban J connectivity index is 2.24. The summed E-state index contributed by atoms with van der Waals surface area (Å²) in [6.07, 6.45) is 0.918. The van der Waals surface area contributed by atoms with Gasteiger partial charge in [0, 0.05) is 25.9 Å². The fraction of sp³-hybridized carbons (Fsp3) is 0.357. The van der Waals surface area contributed by atoms with Crippen molar-refractivity contribution >= 4 is 33.8 Å². The molecule has 0 aliphatic carbocycles. The van der Waals surface area contributed by atoms with Crippen molar-refractivity contribution in [1.29, 1.82) is 10.5 Å². The first-order valence-electron chi connectivity index (χ1n) is 6.31. The third-order valence-corrected chi connectivity index (χ3v) is 4.43. The van der Waals surface area contributed by atoms with Gasteiger partial charge in [-0.15, -0.1) is 11.3 Å². The molecule has 0 N–H and O–H groups in total. The number of nitriles is 2. The van der Waals surface area contributed by atoms with E-state index in [1.807, 2.05) is 18.2 Å². The molecule has 6 heteroatoms. The minimum Gasteiger partial charge on any atom is -0.309 e. The second-order valence-corrected chi connectivity index (χ2v) is 6.02. The Morgan fingerprint density at radius 1 is 1.15 bits per heavy atom. The molecule has 0 bridgehead atoms. The van der Waals surface area contributed by atoms with E-state index in [1.54, 1.807) is 11.3 Å². The molecule has 4 nitrogen and oxygen atoms in total. The van der Waals surface area contributed by atoms with Crippen LogP contribution in [0.1, 0.15) is 12.8 Å². The van der Waals surface area contributed by atoms with Crippen LogP contribution in [0, 0.1) is 26.6 Å². The van der Waals surface area contributed by atoms with Crippen LogP contribution in [0.5, 0.6) is 0 Å². The first kappa shape index (κ1) is 14.7. The predicted molar refractivity (Wildman–Crippen MR) is 82.7 cm³/mol. The van der Waals surface area contributed by atoms with Gasteiger partial charge < -0.3 is 4.57 Å². The van der Waals surface area contributed by atoms with Crippen LogP contribution >= 0.6 is 23.6 Å². The van der Waals surface area contributed by atoms with Gasteiger partial charge in [0.25, 0.3) is 0 Å². The number of para-hydroxylation sites is 1. The summed E-state index contributed by atoms with van der Waals surface area (Å²) >= 11 is 7.01. The number of fused-ring (bicyclic) bond motifs is 1. The highest BCUT2D eigenvalue weighted by Crippen LogP contribution is 2.23. The monoisotopic (exact) mass is 302 g/mol. The number of rotatable bonds is 6. The Bertz CT molecular complexity index is 699. The van der Waals surface area contributed by atoms with Crippen LogP contribution < -0.4 is 0 Å². The quantitative estimate of drug-likeness (QED) is 0.766. The zero-order chi connectivity index (χ0) is 14.4. The van der Waals surface area contributed by atoms with Crippen LogP contribution in [0.15, 0.2) is 24.3 Å². The van der Waals surface area contributed by atoms with Crippen LogP contribution in [0.2, 0.25) is 0 Å². The highest BCUT2D eigenvalue weighted by Gasteiger charge is 2.09. The van der Waals surface area contributed by atoms with Crippen molar-refractivity contribution in [3.8, 4) is 12.1 Å². The molecule has 0 unspecified atom stereocenters. The van der Waals surface area contributed by atoms with E-state index in [0.29, 0.717) is 32.6 Å². The summed E-state index contributed by atoms with van der Waals surface area (Å²) in [5, 5.41) is 17.5. The number of aromatic nitrogens is 1. The van der Waals surface area contributed by atoms with Gasteiger partial charge in [0.05, 0.1) is 29.0 Å². The van der Waals surface area contributed by atoms with E-state index in [0.717, 1.165) is 14.2 Å². The summed E-state index contributed by atoms with van der Waals surface area (Å²) in [7, 11) is 0. The van der Waals surface area contributed by atoms with Gasteiger partial charge in [0.1, 0.15) is 0 Å². The van der Waals surface area contributed by atoms with E-state index in [-0.39, 0.29) is 0 Å². The minimum atomic E-state index is 0.459. The normalized spacial score (nSPS) is 10.6. The van der Waals surface area contributed by atoms with Gasteiger partial charge in [-0.3, -0.25) is 4.90 Å². The fourth-order valence-electron chi connectivity index (χ4n) is 2.02. The van der Waals surface area contributed by atoms with Crippen molar-refractivity contribution < 1.29 is 0 Å². The number of nitrogens with zero attached hydrogens (tertiary/aromatic N) is 4. The standard InChI is InChI=1S/C14H14N4S2/c15-7-3-9-17(10-4-8-16)11-18-12-5-1-2-6-13(12)20-14(18)19/h1-2,5-6H,3-4,9-11H2. The van der Waals surface area contributed by atoms with E-state index in [4.69, 9.17) is 22.7 Å². The van der Waals surface area contributed by atoms with Gasteiger partial charge in [0.15, 0.2) is 3.95 Å². The van der Waals surface area contributed by atoms with Crippen molar-refractivity contribution in [1.82, 2.24) is 9.47 Å². The van der Waals surface area contributed by atoms with Crippen molar-refractivity contribution in [2.75, 3.05) is 13.1 Å². The lowest BCUT2D eigenvalue weighted by Gasteiger charge is -2.20. The predicted octanol–water partition coefficient (Wildman–Crippen LogP) is 3.52. The maximum Gasteiger partial charge on any atom is 0.163 e. The van der Waals surface area contributed by atoms with Gasteiger partial charge >= 0.3 is 0 Å². The van der Waals surface area contributed by atoms with Gasteiger partial charge in [-0.25, -0.2) is 0 Å². The van der Waals surface area contributed by atoms with Gasteiger partial charge in [-0.1, -0.05) is 12.1 Å². The van der Waals surface area contributed by atoms with Gasteiger partial charge in [-0.05, 0) is 24.4 Å². The summed E-state index contributed by atoms with van der Waals surface area (Å²) in [5.41, 5.74) is 1.11. The lowest BCUT2D eigenvalue weighted by atomic mass is 10.3. The first-order chi connectivity index (χ1) is 9.76. The average molecular weight is 302 g/mol. The summed E-state index contributed by atoms with van der Waals surface area (Å²) in [6, 6.07) is 12.4. The van der Waals surface area contributed by atoms with E-state index >= 15 is 0 Å². The van der Waals surface area contributed by atoms with E-state index in [9.17, 15) is 0 Å². The Hall–Kier alpha value is -1.73. The molecule has 1 aromatic heterocycles. The van der Waals surface area contributed by atoms with Crippen molar-refractivity contribution in [2.45, 2.75) is 19.5 Å². The Kier molecular flexibility index (Phi) is 5.25. The molecule has 0 fully saturated rings. The van der Waals surface area contributed by atoms with Crippen LogP contribution in [0.25, 0.3) is 10.2 Å². The van der Waals surface area contributed by atoms with Gasteiger partial charge in [-0.2, -0.15) is 10.5 Å². The molecule has 0 aliphatic heterocycles. The molecule has 0 atom stereocenters. The summed E-state index contributed by atoms with van der Waals surface area (Å²) in [5.74, 6) is 0. The molecule has 0 radical (unpaired) electrons. The maximum atomic E-state index is 8.73. The third kappa shape index (κ3) is 3.43. The van der Waals surface area contributed by atoms with E-state index in [2.05, 4.69) is 27.7 Å². The molecule has 0 spiro atoms. The molecule has 102 valence electrons. The molecule has 1 heterocycles. The van der Waals surface area contributed by atoms with Crippen LogP contribution in [-0.2, 0) is 6.67 Å². The van der Waals surface area contributed by atoms with Crippen LogP contribution in [-0.4, -0.2) is 22.6 Å². The molecule has 0 amide bonds. The molecule has 1 aromatic carbocycles. The summed E-state index contributed by atoms with van der Waals surface area (Å²) in [6.45, 7) is 1.94. The van der Waals surface area contributed by atoms with Crippen molar-refractivity contribution in [2.24, 2.45) is 0 Å². The second kappa shape index (κ2) is 7.16. The Morgan fingerprint density at radius 2 is 1.80 bits per heavy atom. The lowest BCUT2D eigenvalue weighted by Crippen LogP contribution is -2.28. The Labute approximate surface area is 127 Å². The summed E-state index contributed by atoms with van der Waals surface area (Å²) < 4.78 is 4.06. The van der Waals surface area contributed by atoms with E-state index in [1.165, 1.54) is 0 Å². The topological polar surface area (TPSA) is 55.8 Å². The highest BCUT2D eigenvalue weighted by atomic mass is 32.1. The molecule has 0 saturated carbocycles. The highest BCUT2D eigenvalue weighted by molar-refractivity contribution is 7.73. The molecule has 20 heavy (non-hydrogen) atoms. The fourth-order valence-corrected chi connectivity index (χ4v) is 3.33. The minimum absolute atomic E-state index is 0.459. The number of hydrogen-bond donors (Lipinski definition) is 0. The smallest absolute Gasteiger partial charge is 0.163 e. The molecule has 0 aliphatic rings. The largest absolute Gasteiger partial charge is 0.309 e. The van der Waals surface area contributed by atoms with Crippen molar-refractivity contribution in [3.05, 3.63) is 28.2 Å². The maximum absolute atomic E-state index is 8.73. The van der Waals surface area contributed by atoms with Gasteiger partial charge in [0.2, 0.25) is 0 Å². The number of hydrogen-bond acceptors (Lipinski definition) is 5. The van der Waals surface area contributed by atoms with Crippen LogP contribution in [0.4, 0.5) is 0 Å². The Morgan fingerprint density at radius 3 is 2.45 bits per heavy atom. The molecular weight excluding hydrogens is 288 g/mol. The molecule has 0 saturated heterocycles. The zero-order valence-electron chi connectivity index (χ0n) is 11.0. The molecule has 2 aromatic rings. The first-order valence-corrected chi connectivity index (χ1v) is 7.53. The molecular formula is C14H14N4S2. The average Bonchev–Trinajstić information content (AvgIpc) is 2.78. The van der Waals surface area contributed by atoms with E-state index < -0.39 is 0 Å². The summed E-state index contributed by atoms with van der Waals surface area (Å²) in [4.78, 5) is 2.10. The molecule has 2 rings (SSSR count). The number of thiazole rings is 1.